The summed E-state index contributed by atoms with van der Waals surface area (Å²) in [6, 6.07) is 0. The topological polar surface area (TPSA) is 26.3 Å². The normalized spacial score (nSPS) is 6.57. The van der Waals surface area contributed by atoms with Gasteiger partial charge in [0.2, 0.25) is 0 Å². The van der Waals surface area contributed by atoms with Crippen molar-refractivity contribution in [3.63, 3.8) is 0 Å². The highest BCUT2D eigenvalue weighted by Crippen LogP contribution is 1.75. The molecule has 2 nitrogen and oxygen atoms in total. The second-order valence-corrected chi connectivity index (χ2v) is 0.583. The van der Waals surface area contributed by atoms with Crippen LogP contribution in [0.4, 0.5) is 8.92 Å². The average Bonchev–Trinajstić information content (AvgIpc) is 1.65. The first-order valence-corrected chi connectivity index (χ1v) is 1.18. The Hall–Kier alpha value is 0.0600. The fourth-order valence-electron chi connectivity index (χ4n) is 0.0206. The van der Waals surface area contributed by atoms with Gasteiger partial charge in [-0.25, -0.2) is 9.18 Å². The Kier molecular flexibility index (Phi) is 8.77. The molecule has 0 heterocycles. The highest BCUT2D eigenvalue weighted by Gasteiger charge is 1.96. The lowest BCUT2D eigenvalue weighted by Crippen LogP contribution is -1.97. The van der Waals surface area contributed by atoms with E-state index in [0.29, 0.717) is 0 Å². The Morgan fingerprint density at radius 1 is 1.71 bits per heavy atom. The summed E-state index contributed by atoms with van der Waals surface area (Å²) in [5, 5.41) is 0. The van der Waals surface area contributed by atoms with Crippen molar-refractivity contribution in [3.8, 4) is 0 Å². The molecule has 0 saturated heterocycles. The smallest absolute Gasteiger partial charge is 0.252 e. The quantitative estimate of drug-likeness (QED) is 0.621. The summed E-state index contributed by atoms with van der Waals surface area (Å²) in [6.45, 7) is -1.41. The minimum absolute atomic E-state index is 0. The van der Waals surface area contributed by atoms with Crippen molar-refractivity contribution >= 4 is 29.9 Å². The Morgan fingerprint density at radius 3 is 2.14 bits per heavy atom. The number of alkyl halides is 1. The molecule has 0 aromatic carbocycles. The van der Waals surface area contributed by atoms with Crippen LogP contribution < -0.4 is 0 Å². The first-order valence-electron chi connectivity index (χ1n) is 1.18. The van der Waals surface area contributed by atoms with E-state index in [1.54, 1.807) is 0 Å². The van der Waals surface area contributed by atoms with Crippen LogP contribution >= 0.6 is 24.0 Å². The summed E-state index contributed by atoms with van der Waals surface area (Å²) in [4.78, 5) is 11.6. The van der Waals surface area contributed by atoms with E-state index in [-0.39, 0.29) is 24.0 Å². The number of halogens is 3. The monoisotopic (exact) mass is 224 g/mol. The first kappa shape index (κ1) is 10.1. The third kappa shape index (κ3) is 6.06. The predicted molar refractivity (Wildman–Crippen MR) is 28.6 cm³/mol. The van der Waals surface area contributed by atoms with E-state index in [4.69, 9.17) is 0 Å². The van der Waals surface area contributed by atoms with Crippen molar-refractivity contribution in [2.75, 3.05) is 6.67 Å². The molecule has 0 amide bonds. The van der Waals surface area contributed by atoms with Gasteiger partial charge in [-0.2, -0.15) is 0 Å². The maximum Gasteiger partial charge on any atom is 0.379 e. The van der Waals surface area contributed by atoms with Gasteiger partial charge < -0.3 is 0 Å². The van der Waals surface area contributed by atoms with E-state index in [0.717, 1.165) is 0 Å². The molecule has 0 atom stereocenters. The van der Waals surface area contributed by atoms with Gasteiger partial charge >= 0.3 is 5.97 Å². The summed E-state index contributed by atoms with van der Waals surface area (Å²) in [5.74, 6) is -1.49. The Bertz CT molecular complexity index is 51.7. The maximum absolute atomic E-state index is 10.7. The van der Waals surface area contributed by atoms with Gasteiger partial charge in [-0.3, -0.25) is 4.94 Å². The van der Waals surface area contributed by atoms with Gasteiger partial charge in [0.15, 0.2) is 6.67 Å². The van der Waals surface area contributed by atoms with Crippen LogP contribution in [0, 0.1) is 0 Å². The maximum atomic E-state index is 10.7. The third-order valence-electron chi connectivity index (χ3n) is 0.195. The minimum atomic E-state index is -1.49. The van der Waals surface area contributed by atoms with Gasteiger partial charge in [0.1, 0.15) is 0 Å². The predicted octanol–water partition coefficient (Wildman–Crippen LogP) is 1.00. The van der Waals surface area contributed by atoms with Gasteiger partial charge in [0, 0.05) is 4.53 Å². The van der Waals surface area contributed by atoms with Crippen LogP contribution in [0.5, 0.6) is 0 Å². The molecule has 5 heteroatoms. The van der Waals surface area contributed by atoms with Gasteiger partial charge in [-0.05, 0) is 0 Å². The molecule has 0 fully saturated rings. The largest absolute Gasteiger partial charge is 0.379 e. The second-order valence-electron chi connectivity index (χ2n) is 0.583. The molecule has 0 unspecified atom stereocenters. The van der Waals surface area contributed by atoms with Crippen LogP contribution in [-0.2, 0) is 9.74 Å². The van der Waals surface area contributed by atoms with Crippen LogP contribution in [0.3, 0.4) is 0 Å². The molecule has 0 saturated carbocycles. The van der Waals surface area contributed by atoms with E-state index < -0.39 is 12.6 Å². The summed E-state index contributed by atoms with van der Waals surface area (Å²) in [5.41, 5.74) is 0. The number of hydrogen-bond acceptors (Lipinski definition) is 2. The first-order chi connectivity index (χ1) is 2.81. The molecule has 0 aromatic rings. The molecular weight excluding hydrogens is 221 g/mol. The van der Waals surface area contributed by atoms with Crippen molar-refractivity contribution in [3.05, 3.63) is 0 Å². The average molecular weight is 224 g/mol. The van der Waals surface area contributed by atoms with Crippen LogP contribution in [-0.4, -0.2) is 12.6 Å². The number of carbonyl (C=O) groups is 1. The molecule has 0 radical (unpaired) electrons. The molecule has 0 aromatic heterocycles. The van der Waals surface area contributed by atoms with Crippen molar-refractivity contribution in [2.45, 2.75) is 0 Å². The molecule has 0 spiro atoms. The highest BCUT2D eigenvalue weighted by atomic mass is 127. The third-order valence-corrected chi connectivity index (χ3v) is 0.195. The van der Waals surface area contributed by atoms with Crippen molar-refractivity contribution in [1.82, 2.24) is 0 Å². The number of hydrogen-bond donors (Lipinski definition) is 0. The van der Waals surface area contributed by atoms with Gasteiger partial charge in [0.25, 0.3) is 0 Å². The van der Waals surface area contributed by atoms with E-state index in [1.807, 2.05) is 0 Å². The van der Waals surface area contributed by atoms with E-state index in [2.05, 4.69) is 4.94 Å². The fourth-order valence-corrected chi connectivity index (χ4v) is 0.0206. The summed E-state index contributed by atoms with van der Waals surface area (Å²) < 4.78 is 21.0. The zero-order valence-corrected chi connectivity index (χ0v) is 5.52. The number of rotatable bonds is 1. The fraction of sp³-hybridized carbons (Fsp3) is 0.500. The van der Waals surface area contributed by atoms with Crippen LogP contribution in [0.15, 0.2) is 0 Å². The van der Waals surface area contributed by atoms with E-state index in [9.17, 15) is 13.7 Å². The molecule has 0 aliphatic carbocycles. The standard InChI is InChI=1S/C2H2F2O2.HI/c3-1-2(5)6-4;/h1H2;1H. The lowest BCUT2D eigenvalue weighted by molar-refractivity contribution is -0.184. The lowest BCUT2D eigenvalue weighted by Gasteiger charge is -1.77. The SMILES string of the molecule is I.O=C(CF)OF. The number of carbonyl (C=O) groups excluding carboxylic acids is 1. The molecule has 0 rings (SSSR count). The van der Waals surface area contributed by atoms with Gasteiger partial charge in [0.05, 0.1) is 0 Å². The lowest BCUT2D eigenvalue weighted by atomic mass is 10.8. The molecule has 0 N–H and O–H groups in total. The second kappa shape index (κ2) is 6.06. The van der Waals surface area contributed by atoms with Crippen LogP contribution in [0.1, 0.15) is 0 Å². The summed E-state index contributed by atoms with van der Waals surface area (Å²) in [7, 11) is 0. The van der Waals surface area contributed by atoms with Crippen LogP contribution in [0.25, 0.3) is 0 Å². The summed E-state index contributed by atoms with van der Waals surface area (Å²) in [6.07, 6.45) is 0. The Morgan fingerprint density at radius 2 is 2.14 bits per heavy atom. The molecule has 44 valence electrons. The minimum Gasteiger partial charge on any atom is -0.252 e. The summed E-state index contributed by atoms with van der Waals surface area (Å²) >= 11 is 0. The highest BCUT2D eigenvalue weighted by molar-refractivity contribution is 14.0. The zero-order chi connectivity index (χ0) is 4.99. The molecule has 7 heavy (non-hydrogen) atoms. The van der Waals surface area contributed by atoms with E-state index >= 15 is 0 Å². The van der Waals surface area contributed by atoms with E-state index in [1.165, 1.54) is 0 Å². The Balaban J connectivity index is 0. The van der Waals surface area contributed by atoms with Gasteiger partial charge in [-0.1, -0.05) is 0 Å². The van der Waals surface area contributed by atoms with Crippen LogP contribution in [0.2, 0.25) is 0 Å². The molecule has 0 bridgehead atoms. The van der Waals surface area contributed by atoms with Crippen molar-refractivity contribution < 1.29 is 18.7 Å². The zero-order valence-electron chi connectivity index (χ0n) is 3.19. The molecule has 0 aliphatic heterocycles. The van der Waals surface area contributed by atoms with Crippen molar-refractivity contribution in [1.29, 1.82) is 0 Å². The molecular formula is C2H3F2IO2. The van der Waals surface area contributed by atoms with Gasteiger partial charge in [-0.15, -0.1) is 24.0 Å². The molecule has 0 aliphatic rings. The van der Waals surface area contributed by atoms with Crippen molar-refractivity contribution in [2.24, 2.45) is 0 Å². The Labute approximate surface area is 55.8 Å².